The first kappa shape index (κ1) is 20.0. The molecule has 0 aliphatic heterocycles. The number of hydrogen-bond acceptors (Lipinski definition) is 5. The third kappa shape index (κ3) is 5.40. The normalized spacial score (nSPS) is 10.7. The molecule has 146 valence electrons. The lowest BCUT2D eigenvalue weighted by atomic mass is 10.1. The Labute approximate surface area is 171 Å². The Balaban J connectivity index is 1.60. The standard InChI is InChI=1S/C21H16ClN3O4/c22-18-11-10-15(12-19(18)25(27)28)13-23-24-21(26)14-29-20-9-5-4-8-17(20)16-6-2-1-3-7-16/h1-13H,14H2,(H,24,26). The van der Waals surface area contributed by atoms with Crippen LogP contribution in [0.2, 0.25) is 5.02 Å². The highest BCUT2D eigenvalue weighted by Crippen LogP contribution is 2.29. The van der Waals surface area contributed by atoms with E-state index in [9.17, 15) is 14.9 Å². The number of nitrogens with one attached hydrogen (secondary N) is 1. The van der Waals surface area contributed by atoms with Gasteiger partial charge in [0.2, 0.25) is 0 Å². The fraction of sp³-hybridized carbons (Fsp3) is 0.0476. The number of benzene rings is 3. The fourth-order valence-electron chi connectivity index (χ4n) is 2.55. The molecule has 0 aromatic heterocycles. The number of ether oxygens (including phenoxy) is 1. The molecule has 0 spiro atoms. The molecule has 0 aliphatic carbocycles. The molecule has 3 rings (SSSR count). The average molecular weight is 410 g/mol. The smallest absolute Gasteiger partial charge is 0.288 e. The lowest BCUT2D eigenvalue weighted by Gasteiger charge is -2.10. The number of rotatable bonds is 7. The first-order valence-electron chi connectivity index (χ1n) is 8.57. The molecule has 3 aromatic rings. The van der Waals surface area contributed by atoms with Gasteiger partial charge in [0.25, 0.3) is 11.6 Å². The lowest BCUT2D eigenvalue weighted by Crippen LogP contribution is -2.24. The summed E-state index contributed by atoms with van der Waals surface area (Å²) in [5.74, 6) is 0.110. The van der Waals surface area contributed by atoms with Crippen LogP contribution in [-0.4, -0.2) is 23.7 Å². The number of halogens is 1. The van der Waals surface area contributed by atoms with Gasteiger partial charge in [0, 0.05) is 17.2 Å². The van der Waals surface area contributed by atoms with Crippen LogP contribution in [0.4, 0.5) is 5.69 Å². The number of hydrogen-bond donors (Lipinski definition) is 1. The molecule has 8 heteroatoms. The average Bonchev–Trinajstić information content (AvgIpc) is 2.74. The van der Waals surface area contributed by atoms with Crippen LogP contribution in [0.25, 0.3) is 11.1 Å². The molecule has 7 nitrogen and oxygen atoms in total. The summed E-state index contributed by atoms with van der Waals surface area (Å²) in [4.78, 5) is 22.3. The second-order valence-electron chi connectivity index (χ2n) is 5.91. The van der Waals surface area contributed by atoms with Gasteiger partial charge in [0.05, 0.1) is 11.1 Å². The van der Waals surface area contributed by atoms with Crippen molar-refractivity contribution in [3.05, 3.63) is 93.5 Å². The number of amides is 1. The van der Waals surface area contributed by atoms with E-state index in [-0.39, 0.29) is 17.3 Å². The molecule has 0 fully saturated rings. The third-order valence-electron chi connectivity index (χ3n) is 3.90. The molecule has 0 aliphatic rings. The maximum absolute atomic E-state index is 12.0. The van der Waals surface area contributed by atoms with Gasteiger partial charge < -0.3 is 4.74 Å². The van der Waals surface area contributed by atoms with E-state index in [0.717, 1.165) is 11.1 Å². The highest BCUT2D eigenvalue weighted by Gasteiger charge is 2.12. The summed E-state index contributed by atoms with van der Waals surface area (Å²) in [6.45, 7) is -0.234. The first-order valence-corrected chi connectivity index (χ1v) is 8.95. The van der Waals surface area contributed by atoms with Crippen LogP contribution in [0.15, 0.2) is 77.9 Å². The van der Waals surface area contributed by atoms with Crippen molar-refractivity contribution in [1.82, 2.24) is 5.43 Å². The first-order chi connectivity index (χ1) is 14.0. The zero-order valence-corrected chi connectivity index (χ0v) is 15.9. The number of nitro benzene ring substituents is 1. The minimum Gasteiger partial charge on any atom is -0.483 e. The van der Waals surface area contributed by atoms with Crippen LogP contribution in [0.5, 0.6) is 5.75 Å². The van der Waals surface area contributed by atoms with E-state index in [4.69, 9.17) is 16.3 Å². The van der Waals surface area contributed by atoms with Gasteiger partial charge in [-0.25, -0.2) is 5.43 Å². The van der Waals surface area contributed by atoms with Crippen molar-refractivity contribution in [3.63, 3.8) is 0 Å². The lowest BCUT2D eigenvalue weighted by molar-refractivity contribution is -0.384. The van der Waals surface area contributed by atoms with Gasteiger partial charge in [-0.1, -0.05) is 66.2 Å². The van der Waals surface area contributed by atoms with E-state index in [0.29, 0.717) is 11.3 Å². The van der Waals surface area contributed by atoms with Crippen molar-refractivity contribution in [2.24, 2.45) is 5.10 Å². The van der Waals surface area contributed by atoms with E-state index in [1.54, 1.807) is 12.1 Å². The van der Waals surface area contributed by atoms with Crippen LogP contribution in [-0.2, 0) is 4.79 Å². The summed E-state index contributed by atoms with van der Waals surface area (Å²) in [5, 5.41) is 14.7. The second-order valence-corrected chi connectivity index (χ2v) is 6.32. The van der Waals surface area contributed by atoms with Crippen molar-refractivity contribution in [2.75, 3.05) is 6.61 Å². The van der Waals surface area contributed by atoms with Gasteiger partial charge in [0.15, 0.2) is 6.61 Å². The number of hydrazone groups is 1. The van der Waals surface area contributed by atoms with Gasteiger partial charge in [-0.15, -0.1) is 0 Å². The minimum absolute atomic E-state index is 0.0293. The molecule has 1 amide bonds. The molecule has 29 heavy (non-hydrogen) atoms. The van der Waals surface area contributed by atoms with Crippen molar-refractivity contribution < 1.29 is 14.5 Å². The monoisotopic (exact) mass is 409 g/mol. The fourth-order valence-corrected chi connectivity index (χ4v) is 2.74. The summed E-state index contributed by atoms with van der Waals surface area (Å²) >= 11 is 5.76. The van der Waals surface area contributed by atoms with Crippen LogP contribution in [0.3, 0.4) is 0 Å². The van der Waals surface area contributed by atoms with Crippen molar-refractivity contribution in [2.45, 2.75) is 0 Å². The predicted octanol–water partition coefficient (Wildman–Crippen LogP) is 4.44. The zero-order valence-electron chi connectivity index (χ0n) is 15.1. The molecule has 0 unspecified atom stereocenters. The van der Waals surface area contributed by atoms with Crippen LogP contribution in [0.1, 0.15) is 5.56 Å². The van der Waals surface area contributed by atoms with E-state index in [1.165, 1.54) is 18.3 Å². The summed E-state index contributed by atoms with van der Waals surface area (Å²) in [6, 6.07) is 21.3. The van der Waals surface area contributed by atoms with E-state index in [2.05, 4.69) is 10.5 Å². The molecule has 0 bridgehead atoms. The number of nitro groups is 1. The molecule has 0 saturated carbocycles. The summed E-state index contributed by atoms with van der Waals surface area (Å²) < 4.78 is 5.63. The second kappa shape index (κ2) is 9.48. The molecular formula is C21H16ClN3O4. The SMILES string of the molecule is O=C(COc1ccccc1-c1ccccc1)NN=Cc1ccc(Cl)c([N+](=O)[O-])c1. The van der Waals surface area contributed by atoms with Crippen LogP contribution < -0.4 is 10.2 Å². The van der Waals surface area contributed by atoms with Crippen LogP contribution in [0, 0.1) is 10.1 Å². The van der Waals surface area contributed by atoms with Crippen molar-refractivity contribution in [3.8, 4) is 16.9 Å². The number of para-hydroxylation sites is 1. The van der Waals surface area contributed by atoms with Gasteiger partial charge in [-0.05, 0) is 17.7 Å². The molecule has 0 heterocycles. The quantitative estimate of drug-likeness (QED) is 0.354. The third-order valence-corrected chi connectivity index (χ3v) is 4.22. The Morgan fingerprint density at radius 3 is 2.59 bits per heavy atom. The Kier molecular flexibility index (Phi) is 6.55. The molecular weight excluding hydrogens is 394 g/mol. The van der Waals surface area contributed by atoms with Gasteiger partial charge in [-0.3, -0.25) is 14.9 Å². The highest BCUT2D eigenvalue weighted by molar-refractivity contribution is 6.32. The summed E-state index contributed by atoms with van der Waals surface area (Å²) in [7, 11) is 0. The Hall–Kier alpha value is -3.71. The Bertz CT molecular complexity index is 1050. The Morgan fingerprint density at radius 2 is 1.83 bits per heavy atom. The zero-order chi connectivity index (χ0) is 20.6. The maximum Gasteiger partial charge on any atom is 0.288 e. The largest absolute Gasteiger partial charge is 0.483 e. The van der Waals surface area contributed by atoms with Gasteiger partial charge in [0.1, 0.15) is 10.8 Å². The molecule has 0 saturated heterocycles. The van der Waals surface area contributed by atoms with E-state index in [1.807, 2.05) is 48.5 Å². The van der Waals surface area contributed by atoms with Crippen molar-refractivity contribution in [1.29, 1.82) is 0 Å². The predicted molar refractivity (Wildman–Crippen MR) is 111 cm³/mol. The molecule has 0 atom stereocenters. The van der Waals surface area contributed by atoms with Crippen LogP contribution >= 0.6 is 11.6 Å². The topological polar surface area (TPSA) is 93.8 Å². The Morgan fingerprint density at radius 1 is 1.10 bits per heavy atom. The van der Waals surface area contributed by atoms with E-state index >= 15 is 0 Å². The summed E-state index contributed by atoms with van der Waals surface area (Å²) in [5.41, 5.74) is 4.37. The summed E-state index contributed by atoms with van der Waals surface area (Å²) in [6.07, 6.45) is 1.29. The number of carbonyl (C=O) groups excluding carboxylic acids is 1. The van der Waals surface area contributed by atoms with Gasteiger partial charge in [-0.2, -0.15) is 5.10 Å². The molecule has 0 radical (unpaired) electrons. The minimum atomic E-state index is -0.587. The van der Waals surface area contributed by atoms with E-state index < -0.39 is 10.8 Å². The number of carbonyl (C=O) groups is 1. The van der Waals surface area contributed by atoms with Gasteiger partial charge >= 0.3 is 0 Å². The maximum atomic E-state index is 12.0. The van der Waals surface area contributed by atoms with Crippen molar-refractivity contribution >= 4 is 29.4 Å². The molecule has 3 aromatic carbocycles. The number of nitrogens with zero attached hydrogens (tertiary/aromatic N) is 2. The molecule has 1 N–H and O–H groups in total. The highest BCUT2D eigenvalue weighted by atomic mass is 35.5.